The fraction of sp³-hybridized carbons (Fsp3) is 0.800. The summed E-state index contributed by atoms with van der Waals surface area (Å²) in [5.41, 5.74) is 1.37. The molecule has 2 unspecified atom stereocenters. The number of hydrogen-bond donors (Lipinski definition) is 1. The van der Waals surface area contributed by atoms with Crippen LogP contribution in [-0.4, -0.2) is 45.8 Å². The van der Waals surface area contributed by atoms with Crippen molar-refractivity contribution < 1.29 is 5.11 Å². The molecule has 1 saturated heterocycles. The van der Waals surface area contributed by atoms with E-state index in [0.29, 0.717) is 12.5 Å². The van der Waals surface area contributed by atoms with Gasteiger partial charge in [-0.3, -0.25) is 0 Å². The summed E-state index contributed by atoms with van der Waals surface area (Å²) >= 11 is 0. The van der Waals surface area contributed by atoms with E-state index in [4.69, 9.17) is 0 Å². The molecule has 3 heterocycles. The Kier molecular flexibility index (Phi) is 3.89. The lowest BCUT2D eigenvalue weighted by atomic mass is 9.98. The van der Waals surface area contributed by atoms with Gasteiger partial charge in [-0.15, -0.1) is 0 Å². The molecule has 0 aromatic carbocycles. The topological polar surface area (TPSA) is 41.3 Å². The summed E-state index contributed by atoms with van der Waals surface area (Å²) in [5, 5.41) is 9.36. The molecule has 106 valence electrons. The Morgan fingerprint density at radius 1 is 1.32 bits per heavy atom. The molecule has 2 aliphatic rings. The zero-order valence-corrected chi connectivity index (χ0v) is 11.9. The third-order valence-corrected chi connectivity index (χ3v) is 4.82. The molecule has 0 amide bonds. The van der Waals surface area contributed by atoms with E-state index >= 15 is 0 Å². The monoisotopic (exact) mass is 263 g/mol. The van der Waals surface area contributed by atoms with Gasteiger partial charge in [0.2, 0.25) is 0 Å². The van der Waals surface area contributed by atoms with E-state index in [2.05, 4.69) is 27.6 Å². The second kappa shape index (κ2) is 5.63. The highest BCUT2D eigenvalue weighted by molar-refractivity contribution is 5.09. The van der Waals surface area contributed by atoms with Gasteiger partial charge in [-0.2, -0.15) is 0 Å². The third kappa shape index (κ3) is 2.70. The molecule has 0 radical (unpaired) electrons. The summed E-state index contributed by atoms with van der Waals surface area (Å²) in [6, 6.07) is 0. The number of aromatic nitrogens is 2. The number of fused-ring (bicyclic) bond motifs is 1. The van der Waals surface area contributed by atoms with E-state index in [1.807, 2.05) is 0 Å². The quantitative estimate of drug-likeness (QED) is 0.891. The van der Waals surface area contributed by atoms with Gasteiger partial charge in [-0.25, -0.2) is 4.98 Å². The van der Waals surface area contributed by atoms with Crippen LogP contribution in [-0.2, 0) is 19.4 Å². The van der Waals surface area contributed by atoms with Gasteiger partial charge < -0.3 is 14.6 Å². The van der Waals surface area contributed by atoms with Crippen molar-refractivity contribution >= 4 is 0 Å². The molecule has 1 aromatic rings. The molecule has 0 aliphatic carbocycles. The molecule has 0 spiro atoms. The minimum absolute atomic E-state index is 0.310. The number of aliphatic hydroxyl groups is 1. The standard InChI is InChI=1S/C15H25N3O/c1-2-17-6-5-12(9-17)7-15-16-8-14-4-3-13(11-19)10-18(14)15/h8,12-13,19H,2-7,9-11H2,1H3. The van der Waals surface area contributed by atoms with Crippen LogP contribution in [0.25, 0.3) is 0 Å². The largest absolute Gasteiger partial charge is 0.396 e. The van der Waals surface area contributed by atoms with Gasteiger partial charge in [0, 0.05) is 43.9 Å². The Labute approximate surface area is 115 Å². The molecular formula is C15H25N3O. The smallest absolute Gasteiger partial charge is 0.109 e. The van der Waals surface area contributed by atoms with Crippen LogP contribution in [0.1, 0.15) is 31.3 Å². The van der Waals surface area contributed by atoms with Crippen molar-refractivity contribution in [1.82, 2.24) is 14.5 Å². The van der Waals surface area contributed by atoms with E-state index in [9.17, 15) is 5.11 Å². The molecule has 3 rings (SSSR count). The highest BCUT2D eigenvalue weighted by Gasteiger charge is 2.25. The Morgan fingerprint density at radius 3 is 2.95 bits per heavy atom. The fourth-order valence-electron chi connectivity index (χ4n) is 3.51. The van der Waals surface area contributed by atoms with Crippen molar-refractivity contribution in [2.24, 2.45) is 11.8 Å². The minimum Gasteiger partial charge on any atom is -0.396 e. The Morgan fingerprint density at radius 2 is 2.21 bits per heavy atom. The summed E-state index contributed by atoms with van der Waals surface area (Å²) in [4.78, 5) is 7.17. The van der Waals surface area contributed by atoms with Crippen molar-refractivity contribution in [3.63, 3.8) is 0 Å². The van der Waals surface area contributed by atoms with Gasteiger partial charge in [0.15, 0.2) is 0 Å². The van der Waals surface area contributed by atoms with Crippen molar-refractivity contribution in [3.8, 4) is 0 Å². The van der Waals surface area contributed by atoms with Crippen molar-refractivity contribution in [1.29, 1.82) is 0 Å². The van der Waals surface area contributed by atoms with Gasteiger partial charge in [-0.1, -0.05) is 6.92 Å². The zero-order chi connectivity index (χ0) is 13.2. The summed E-state index contributed by atoms with van der Waals surface area (Å²) in [7, 11) is 0. The van der Waals surface area contributed by atoms with E-state index in [1.165, 1.54) is 37.6 Å². The normalized spacial score (nSPS) is 27.7. The van der Waals surface area contributed by atoms with Gasteiger partial charge in [-0.05, 0) is 38.3 Å². The molecule has 0 bridgehead atoms. The average molecular weight is 263 g/mol. The first-order chi connectivity index (χ1) is 9.30. The van der Waals surface area contributed by atoms with Crippen LogP contribution < -0.4 is 0 Å². The lowest BCUT2D eigenvalue weighted by Gasteiger charge is -2.24. The van der Waals surface area contributed by atoms with Gasteiger partial charge in [0.25, 0.3) is 0 Å². The summed E-state index contributed by atoms with van der Waals surface area (Å²) in [5.74, 6) is 2.44. The van der Waals surface area contributed by atoms with Crippen LogP contribution >= 0.6 is 0 Å². The van der Waals surface area contributed by atoms with Crippen LogP contribution in [0.2, 0.25) is 0 Å². The molecule has 1 fully saturated rings. The number of rotatable bonds is 4. The molecule has 1 N–H and O–H groups in total. The van der Waals surface area contributed by atoms with Crippen LogP contribution in [0, 0.1) is 11.8 Å². The maximum absolute atomic E-state index is 9.36. The van der Waals surface area contributed by atoms with Gasteiger partial charge in [0.1, 0.15) is 5.82 Å². The predicted octanol–water partition coefficient (Wildman–Crippen LogP) is 1.32. The lowest BCUT2D eigenvalue weighted by Crippen LogP contribution is -2.25. The summed E-state index contributed by atoms with van der Waals surface area (Å²) < 4.78 is 2.37. The molecule has 19 heavy (non-hydrogen) atoms. The highest BCUT2D eigenvalue weighted by atomic mass is 16.3. The lowest BCUT2D eigenvalue weighted by molar-refractivity contribution is 0.190. The molecular weight excluding hydrogens is 238 g/mol. The molecule has 1 aromatic heterocycles. The number of imidazole rings is 1. The second-order valence-electron chi connectivity index (χ2n) is 6.12. The molecule has 4 heteroatoms. The van der Waals surface area contributed by atoms with E-state index in [-0.39, 0.29) is 0 Å². The van der Waals surface area contributed by atoms with Gasteiger partial charge >= 0.3 is 0 Å². The van der Waals surface area contributed by atoms with E-state index < -0.39 is 0 Å². The highest BCUT2D eigenvalue weighted by Crippen LogP contribution is 2.25. The van der Waals surface area contributed by atoms with Gasteiger partial charge in [0.05, 0.1) is 0 Å². The van der Waals surface area contributed by atoms with Crippen molar-refractivity contribution in [2.45, 2.75) is 39.2 Å². The Balaban J connectivity index is 1.67. The molecule has 2 atom stereocenters. The predicted molar refractivity (Wildman–Crippen MR) is 75.0 cm³/mol. The maximum atomic E-state index is 9.36. The van der Waals surface area contributed by atoms with Crippen LogP contribution in [0.5, 0.6) is 0 Å². The fourth-order valence-corrected chi connectivity index (χ4v) is 3.51. The number of hydrogen-bond acceptors (Lipinski definition) is 3. The summed E-state index contributed by atoms with van der Waals surface area (Å²) in [6.07, 6.45) is 6.64. The first-order valence-electron chi connectivity index (χ1n) is 7.66. The van der Waals surface area contributed by atoms with Crippen LogP contribution in [0.4, 0.5) is 0 Å². The SMILES string of the molecule is CCN1CCC(Cc2ncc3n2CC(CO)CC3)C1. The number of likely N-dealkylation sites (tertiary alicyclic amines) is 1. The van der Waals surface area contributed by atoms with Crippen LogP contribution in [0.3, 0.4) is 0 Å². The Hall–Kier alpha value is -0.870. The van der Waals surface area contributed by atoms with Crippen LogP contribution in [0.15, 0.2) is 6.20 Å². The first-order valence-corrected chi connectivity index (χ1v) is 7.66. The zero-order valence-electron chi connectivity index (χ0n) is 11.9. The van der Waals surface area contributed by atoms with Crippen molar-refractivity contribution in [3.05, 3.63) is 17.7 Å². The molecule has 4 nitrogen and oxygen atoms in total. The molecule has 2 aliphatic heterocycles. The number of aryl methyl sites for hydroxylation is 1. The van der Waals surface area contributed by atoms with Crippen molar-refractivity contribution in [2.75, 3.05) is 26.2 Å². The number of aliphatic hydroxyl groups excluding tert-OH is 1. The van der Waals surface area contributed by atoms with E-state index in [0.717, 1.165) is 31.7 Å². The Bertz CT molecular complexity index is 429. The maximum Gasteiger partial charge on any atom is 0.109 e. The molecule has 0 saturated carbocycles. The number of nitrogens with zero attached hydrogens (tertiary/aromatic N) is 3. The first kappa shape index (κ1) is 13.1. The summed E-state index contributed by atoms with van der Waals surface area (Å²) in [6.45, 7) is 7.15. The second-order valence-corrected chi connectivity index (χ2v) is 6.12. The minimum atomic E-state index is 0.310. The average Bonchev–Trinajstić information content (AvgIpc) is 3.06. The third-order valence-electron chi connectivity index (χ3n) is 4.82. The van der Waals surface area contributed by atoms with E-state index in [1.54, 1.807) is 0 Å².